The molecule has 1 N–H and O–H groups in total. The fraction of sp³-hybridized carbons (Fsp3) is 0.612. The molecule has 0 rings (SSSR count). The van der Waals surface area contributed by atoms with Crippen LogP contribution in [0.4, 0.5) is 0 Å². The first-order valence-electron chi connectivity index (χ1n) is 29.4. The molecule has 1 unspecified atom stereocenters. The number of allylic oxidation sites excluding steroid dienone is 24. The van der Waals surface area contributed by atoms with Gasteiger partial charge in [-0.25, -0.2) is 0 Å². The Morgan fingerprint density at radius 3 is 0.833 bits per heavy atom. The van der Waals surface area contributed by atoms with Crippen LogP contribution in [-0.4, -0.2) is 36.4 Å². The quantitative estimate of drug-likeness (QED) is 0.0373. The summed E-state index contributed by atoms with van der Waals surface area (Å²) < 4.78 is 10.7. The minimum Gasteiger partial charge on any atom is -0.462 e. The molecule has 0 bridgehead atoms. The Hall–Kier alpha value is -4.22. The fourth-order valence-electron chi connectivity index (χ4n) is 7.80. The molecule has 0 radical (unpaired) electrons. The number of ether oxygens (including phenoxy) is 2. The molecule has 0 aromatic rings. The predicted molar refractivity (Wildman–Crippen MR) is 315 cm³/mol. The molecular weight excluding hydrogens is 885 g/mol. The van der Waals surface area contributed by atoms with E-state index in [1.807, 2.05) is 0 Å². The average molecular weight is 994 g/mol. The summed E-state index contributed by atoms with van der Waals surface area (Å²) in [5, 5.41) is 9.67. The Morgan fingerprint density at radius 2 is 0.556 bits per heavy atom. The molecule has 1 atom stereocenters. The zero-order valence-corrected chi connectivity index (χ0v) is 46.4. The van der Waals surface area contributed by atoms with Gasteiger partial charge in [0.2, 0.25) is 0 Å². The maximum Gasteiger partial charge on any atom is 0.306 e. The minimum absolute atomic E-state index is 0.0819. The van der Waals surface area contributed by atoms with Crippen LogP contribution in [0.1, 0.15) is 245 Å². The van der Waals surface area contributed by atoms with Crippen molar-refractivity contribution < 1.29 is 24.2 Å². The number of aliphatic hydroxyl groups excluding tert-OH is 1. The number of carbonyl (C=O) groups excluding carboxylic acids is 2. The Balaban J connectivity index is 3.56. The van der Waals surface area contributed by atoms with Crippen LogP contribution in [0, 0.1) is 0 Å². The van der Waals surface area contributed by atoms with E-state index in [4.69, 9.17) is 9.47 Å². The third kappa shape index (κ3) is 58.4. The van der Waals surface area contributed by atoms with Crippen LogP contribution < -0.4 is 0 Å². The van der Waals surface area contributed by atoms with E-state index in [9.17, 15) is 14.7 Å². The summed E-state index contributed by atoms with van der Waals surface area (Å²) in [6.45, 7) is 3.90. The lowest BCUT2D eigenvalue weighted by Crippen LogP contribution is -2.28. The minimum atomic E-state index is -0.790. The molecule has 0 saturated heterocycles. The Morgan fingerprint density at radius 1 is 0.319 bits per heavy atom. The molecule has 0 heterocycles. The highest BCUT2D eigenvalue weighted by molar-refractivity contribution is 5.70. The van der Waals surface area contributed by atoms with Crippen molar-refractivity contribution in [2.24, 2.45) is 0 Å². The van der Waals surface area contributed by atoms with Gasteiger partial charge >= 0.3 is 11.9 Å². The van der Waals surface area contributed by atoms with E-state index in [2.05, 4.69) is 160 Å². The summed E-state index contributed by atoms with van der Waals surface area (Å²) >= 11 is 0. The number of hydrogen-bond acceptors (Lipinski definition) is 5. The second-order valence-electron chi connectivity index (χ2n) is 19.0. The van der Waals surface area contributed by atoms with E-state index in [0.29, 0.717) is 12.8 Å². The van der Waals surface area contributed by atoms with Gasteiger partial charge in [0, 0.05) is 12.8 Å². The van der Waals surface area contributed by atoms with Crippen molar-refractivity contribution in [1.82, 2.24) is 0 Å². The van der Waals surface area contributed by atoms with E-state index >= 15 is 0 Å². The largest absolute Gasteiger partial charge is 0.462 e. The molecule has 0 spiro atoms. The van der Waals surface area contributed by atoms with Crippen LogP contribution in [0.3, 0.4) is 0 Å². The van der Waals surface area contributed by atoms with Gasteiger partial charge in [0.15, 0.2) is 6.10 Å². The summed E-state index contributed by atoms with van der Waals surface area (Å²) in [7, 11) is 0. The maximum atomic E-state index is 12.3. The monoisotopic (exact) mass is 993 g/mol. The Labute approximate surface area is 444 Å². The van der Waals surface area contributed by atoms with Gasteiger partial charge in [0.05, 0.1) is 6.61 Å². The highest BCUT2D eigenvalue weighted by atomic mass is 16.6. The molecule has 0 amide bonds. The summed E-state index contributed by atoms with van der Waals surface area (Å²) in [5.41, 5.74) is 0. The zero-order chi connectivity index (χ0) is 52.0. The predicted octanol–water partition coefficient (Wildman–Crippen LogP) is 20.2. The van der Waals surface area contributed by atoms with E-state index in [1.165, 1.54) is 96.3 Å². The lowest BCUT2D eigenvalue weighted by Gasteiger charge is -2.15. The third-order valence-corrected chi connectivity index (χ3v) is 12.1. The van der Waals surface area contributed by atoms with Gasteiger partial charge in [-0.05, 0) is 116 Å². The van der Waals surface area contributed by atoms with Gasteiger partial charge in [-0.3, -0.25) is 9.59 Å². The number of unbranched alkanes of at least 4 members (excludes halogenated alkanes) is 20. The van der Waals surface area contributed by atoms with Gasteiger partial charge in [-0.1, -0.05) is 262 Å². The van der Waals surface area contributed by atoms with Gasteiger partial charge in [-0.2, -0.15) is 0 Å². The highest BCUT2D eigenvalue weighted by Gasteiger charge is 2.16. The topological polar surface area (TPSA) is 72.8 Å². The number of carbonyl (C=O) groups is 2. The molecule has 5 heteroatoms. The molecule has 0 saturated carbocycles. The summed E-state index contributed by atoms with van der Waals surface area (Å²) in [6.07, 6.45) is 92.5. The van der Waals surface area contributed by atoms with Crippen molar-refractivity contribution in [2.75, 3.05) is 13.2 Å². The zero-order valence-electron chi connectivity index (χ0n) is 46.4. The van der Waals surface area contributed by atoms with Gasteiger partial charge in [0.25, 0.3) is 0 Å². The van der Waals surface area contributed by atoms with Crippen molar-refractivity contribution in [1.29, 1.82) is 0 Å². The standard InChI is InChI=1S/C67H108O5/c1-3-5-7-9-11-13-15-17-19-21-23-25-27-29-30-31-32-33-34-35-36-38-40-42-44-46-48-50-52-54-56-58-60-62-67(70)72-65(63-68)64-71-66(69)61-59-57-55-53-51-49-47-45-43-41-39-37-28-26-24-22-20-18-16-14-12-10-8-6-4-2/h5-8,11-14,17-20,23-26,29-30,32-33,37,39,43,45,65,68H,3-4,9-10,15-16,21-22,27-28,31,34-36,38,40-42,44,46-64H2,1-2H3/b7-5-,8-6-,13-11-,14-12-,19-17-,20-18-,25-23-,26-24-,30-29-,33-32-,39-37-,45-43-. The molecular formula is C67H108O5. The third-order valence-electron chi connectivity index (χ3n) is 12.1. The number of esters is 2. The Bertz CT molecular complexity index is 1540. The molecule has 0 aliphatic heterocycles. The van der Waals surface area contributed by atoms with Gasteiger partial charge in [-0.15, -0.1) is 0 Å². The smallest absolute Gasteiger partial charge is 0.306 e. The normalized spacial score (nSPS) is 13.3. The first kappa shape index (κ1) is 67.8. The maximum absolute atomic E-state index is 12.3. The van der Waals surface area contributed by atoms with Crippen LogP contribution >= 0.6 is 0 Å². The number of hydrogen-bond donors (Lipinski definition) is 1. The molecule has 406 valence electrons. The van der Waals surface area contributed by atoms with Crippen molar-refractivity contribution in [3.63, 3.8) is 0 Å². The number of aliphatic hydroxyl groups is 1. The van der Waals surface area contributed by atoms with Crippen molar-refractivity contribution >= 4 is 11.9 Å². The SMILES string of the molecule is CC/C=C\C/C=C\C/C=C\C/C=C\C/C=C\C/C=C\CCCCCCCCCCCCCCCCC(=O)OC(CO)COC(=O)CCCCCCCC/C=C\C/C=C\C/C=C\C/C=C\C/C=C\C/C=C\CC. The fourth-order valence-corrected chi connectivity index (χ4v) is 7.80. The van der Waals surface area contributed by atoms with Gasteiger partial charge in [0.1, 0.15) is 6.61 Å². The van der Waals surface area contributed by atoms with Crippen LogP contribution in [0.2, 0.25) is 0 Å². The lowest BCUT2D eigenvalue weighted by molar-refractivity contribution is -0.161. The van der Waals surface area contributed by atoms with Crippen molar-refractivity contribution in [3.05, 3.63) is 146 Å². The average Bonchev–Trinajstić information content (AvgIpc) is 3.38. The summed E-state index contributed by atoms with van der Waals surface area (Å²) in [5.74, 6) is -0.614. The van der Waals surface area contributed by atoms with E-state index in [1.54, 1.807) is 0 Å². The van der Waals surface area contributed by atoms with Gasteiger partial charge < -0.3 is 14.6 Å². The van der Waals surface area contributed by atoms with E-state index in [-0.39, 0.29) is 25.2 Å². The first-order valence-corrected chi connectivity index (χ1v) is 29.4. The molecule has 0 fully saturated rings. The number of rotatable bonds is 52. The molecule has 72 heavy (non-hydrogen) atoms. The molecule has 0 aliphatic rings. The molecule has 0 aliphatic carbocycles. The van der Waals surface area contributed by atoms with Crippen LogP contribution in [-0.2, 0) is 19.1 Å². The van der Waals surface area contributed by atoms with Crippen LogP contribution in [0.25, 0.3) is 0 Å². The van der Waals surface area contributed by atoms with Crippen molar-refractivity contribution in [2.45, 2.75) is 251 Å². The van der Waals surface area contributed by atoms with Crippen molar-refractivity contribution in [3.8, 4) is 0 Å². The molecule has 0 aromatic carbocycles. The second-order valence-corrected chi connectivity index (χ2v) is 19.0. The summed E-state index contributed by atoms with van der Waals surface area (Å²) in [6, 6.07) is 0. The first-order chi connectivity index (χ1) is 35.6. The second kappa shape index (κ2) is 61.1. The van der Waals surface area contributed by atoms with E-state index in [0.717, 1.165) is 122 Å². The Kier molecular flexibility index (Phi) is 57.5. The van der Waals surface area contributed by atoms with E-state index < -0.39 is 6.10 Å². The lowest BCUT2D eigenvalue weighted by atomic mass is 10.0. The van der Waals surface area contributed by atoms with Crippen LogP contribution in [0.15, 0.2) is 146 Å². The molecule has 5 nitrogen and oxygen atoms in total. The molecule has 0 aromatic heterocycles. The highest BCUT2D eigenvalue weighted by Crippen LogP contribution is 2.15. The summed E-state index contributed by atoms with van der Waals surface area (Å²) in [4.78, 5) is 24.6. The van der Waals surface area contributed by atoms with Crippen LogP contribution in [0.5, 0.6) is 0 Å².